The molecule has 0 aliphatic heterocycles. The Bertz CT molecular complexity index is 1260. The summed E-state index contributed by atoms with van der Waals surface area (Å²) in [6.07, 6.45) is -5.33. The summed E-state index contributed by atoms with van der Waals surface area (Å²) in [6, 6.07) is 13.5. The predicted molar refractivity (Wildman–Crippen MR) is 139 cm³/mol. The summed E-state index contributed by atoms with van der Waals surface area (Å²) in [5, 5.41) is 4.38. The molecule has 0 bridgehead atoms. The molecule has 39 heavy (non-hydrogen) atoms. The van der Waals surface area contributed by atoms with Gasteiger partial charge < -0.3 is 15.4 Å². The molecule has 3 N–H and O–H groups in total. The Labute approximate surface area is 225 Å². The van der Waals surface area contributed by atoms with E-state index < -0.39 is 57.4 Å². The molecule has 13 heteroatoms. The topological polar surface area (TPSA) is 131 Å². The van der Waals surface area contributed by atoms with Gasteiger partial charge in [-0.2, -0.15) is 13.2 Å². The van der Waals surface area contributed by atoms with Gasteiger partial charge in [0.25, 0.3) is 0 Å². The minimum absolute atomic E-state index is 0.0523. The Balaban J connectivity index is 2.06. The van der Waals surface area contributed by atoms with E-state index in [0.29, 0.717) is 6.42 Å². The van der Waals surface area contributed by atoms with E-state index >= 15 is 0 Å². The van der Waals surface area contributed by atoms with Gasteiger partial charge in [0.15, 0.2) is 0 Å². The van der Waals surface area contributed by atoms with Gasteiger partial charge in [0, 0.05) is 17.6 Å². The number of ether oxygens (including phenoxy) is 1. The molecule has 214 valence electrons. The lowest BCUT2D eigenvalue weighted by Crippen LogP contribution is -2.43. The van der Waals surface area contributed by atoms with Crippen LogP contribution in [0.25, 0.3) is 0 Å². The van der Waals surface area contributed by atoms with E-state index in [1.54, 1.807) is 26.1 Å². The third kappa shape index (κ3) is 11.8. The van der Waals surface area contributed by atoms with Gasteiger partial charge in [0.2, 0.25) is 15.9 Å². The van der Waals surface area contributed by atoms with Gasteiger partial charge in [-0.25, -0.2) is 13.2 Å². The van der Waals surface area contributed by atoms with Crippen LogP contribution in [0.3, 0.4) is 0 Å². The monoisotopic (exact) mass is 571 g/mol. The normalized spacial score (nSPS) is 13.6. The lowest BCUT2D eigenvalue weighted by molar-refractivity contribution is -0.167. The van der Waals surface area contributed by atoms with Crippen LogP contribution < -0.4 is 15.4 Å². The fourth-order valence-electron chi connectivity index (χ4n) is 3.55. The molecule has 9 nitrogen and oxygen atoms in total. The van der Waals surface area contributed by atoms with E-state index in [0.717, 1.165) is 11.6 Å². The van der Waals surface area contributed by atoms with E-state index in [4.69, 9.17) is 4.74 Å². The van der Waals surface area contributed by atoms with Crippen LogP contribution in [0.4, 0.5) is 23.7 Å². The molecule has 2 aromatic carbocycles. The second kappa shape index (κ2) is 13.0. The number of carbonyl (C=O) groups excluding carboxylic acids is 3. The lowest BCUT2D eigenvalue weighted by Gasteiger charge is -2.25. The van der Waals surface area contributed by atoms with Crippen molar-refractivity contribution in [2.75, 3.05) is 5.32 Å². The number of carbonyl (C=O) groups is 3. The van der Waals surface area contributed by atoms with Gasteiger partial charge in [-0.3, -0.25) is 14.3 Å². The molecule has 0 aromatic heterocycles. The van der Waals surface area contributed by atoms with E-state index in [2.05, 4.69) is 5.32 Å². The zero-order valence-corrected chi connectivity index (χ0v) is 22.8. The highest BCUT2D eigenvalue weighted by atomic mass is 32.2. The first-order chi connectivity index (χ1) is 17.9. The number of rotatable bonds is 10. The Kier molecular flexibility index (Phi) is 10.5. The molecule has 0 aliphatic carbocycles. The highest BCUT2D eigenvalue weighted by molar-refractivity contribution is 7.89. The van der Waals surface area contributed by atoms with E-state index in [9.17, 15) is 36.0 Å². The largest absolute Gasteiger partial charge is 0.471 e. The molecule has 2 rings (SSSR count). The molecular weight excluding hydrogens is 539 g/mol. The minimum Gasteiger partial charge on any atom is -0.444 e. The average Bonchev–Trinajstić information content (AvgIpc) is 2.77. The van der Waals surface area contributed by atoms with Gasteiger partial charge in [-0.15, -0.1) is 0 Å². The Hall–Kier alpha value is -3.61. The van der Waals surface area contributed by atoms with Crippen molar-refractivity contribution < 1.29 is 40.7 Å². The Morgan fingerprint density at radius 2 is 1.56 bits per heavy atom. The molecule has 3 amide bonds. The van der Waals surface area contributed by atoms with Crippen LogP contribution in [0.2, 0.25) is 0 Å². The smallest absolute Gasteiger partial charge is 0.444 e. The third-order valence-corrected chi connectivity index (χ3v) is 6.41. The average molecular weight is 572 g/mol. The van der Waals surface area contributed by atoms with Crippen molar-refractivity contribution in [3.8, 4) is 0 Å². The maximum absolute atomic E-state index is 12.8. The second-order valence-electron chi connectivity index (χ2n) is 10.0. The Morgan fingerprint density at radius 3 is 2.15 bits per heavy atom. The lowest BCUT2D eigenvalue weighted by atomic mass is 9.96. The molecule has 0 heterocycles. The number of benzene rings is 2. The van der Waals surface area contributed by atoms with Gasteiger partial charge in [-0.05, 0) is 56.9 Å². The highest BCUT2D eigenvalue weighted by Gasteiger charge is 2.38. The van der Waals surface area contributed by atoms with E-state index in [-0.39, 0.29) is 17.7 Å². The second-order valence-corrected chi connectivity index (χ2v) is 11.8. The summed E-state index contributed by atoms with van der Waals surface area (Å²) in [5.74, 6) is -4.58. The number of hydrogen-bond donors (Lipinski definition) is 3. The molecule has 0 saturated heterocycles. The summed E-state index contributed by atoms with van der Waals surface area (Å²) in [7, 11) is -4.24. The van der Waals surface area contributed by atoms with Gasteiger partial charge in [0.05, 0.1) is 5.75 Å². The van der Waals surface area contributed by atoms with E-state index in [1.807, 2.05) is 35.1 Å². The maximum atomic E-state index is 12.8. The van der Waals surface area contributed by atoms with Gasteiger partial charge in [-0.1, -0.05) is 49.4 Å². The molecule has 0 spiro atoms. The number of amides is 3. The Morgan fingerprint density at radius 1 is 0.949 bits per heavy atom. The van der Waals surface area contributed by atoms with Crippen LogP contribution in [-0.2, 0) is 36.5 Å². The molecule has 2 atom stereocenters. The molecule has 0 unspecified atom stereocenters. The summed E-state index contributed by atoms with van der Waals surface area (Å²) in [4.78, 5) is 36.3. The zero-order valence-electron chi connectivity index (χ0n) is 22.0. The molecule has 2 aromatic rings. The minimum atomic E-state index is -5.11. The summed E-state index contributed by atoms with van der Waals surface area (Å²) in [6.45, 7) is 6.63. The van der Waals surface area contributed by atoms with Crippen molar-refractivity contribution in [1.29, 1.82) is 0 Å². The number of alkyl halides is 3. The quantitative estimate of drug-likeness (QED) is 0.390. The third-order valence-electron chi connectivity index (χ3n) is 5.19. The number of halogens is 3. The van der Waals surface area contributed by atoms with Crippen molar-refractivity contribution in [3.05, 3.63) is 65.7 Å². The zero-order chi connectivity index (χ0) is 29.4. The van der Waals surface area contributed by atoms with Gasteiger partial charge in [0.1, 0.15) is 5.60 Å². The van der Waals surface area contributed by atoms with Crippen LogP contribution >= 0.6 is 0 Å². The molecule has 0 radical (unpaired) electrons. The standard InChI is InChI=1S/C26H32F3N3O6S/c1-17(13-21(14-18-9-6-5-7-10-18)31-24(35)38-25(2,3)4)22(33)32-39(36,37)16-19-11-8-12-20(15-19)30-23(34)26(27,28)29/h5-12,15,17,21H,13-14,16H2,1-4H3,(H,30,34)(H,31,35)(H,32,33)/t17-,21+/m0/s1. The summed E-state index contributed by atoms with van der Waals surface area (Å²) in [5.41, 5.74) is -0.0554. The first-order valence-electron chi connectivity index (χ1n) is 12.0. The fraction of sp³-hybridized carbons (Fsp3) is 0.423. The van der Waals surface area contributed by atoms with Crippen LogP contribution in [0.15, 0.2) is 54.6 Å². The molecule has 0 saturated carbocycles. The molecule has 0 fully saturated rings. The number of anilines is 1. The summed E-state index contributed by atoms with van der Waals surface area (Å²) < 4.78 is 70.0. The fourth-order valence-corrected chi connectivity index (χ4v) is 4.75. The number of alkyl carbamates (subject to hydrolysis) is 1. The van der Waals surface area contributed by atoms with E-state index in [1.165, 1.54) is 25.1 Å². The van der Waals surface area contributed by atoms with Crippen molar-refractivity contribution in [3.63, 3.8) is 0 Å². The highest BCUT2D eigenvalue weighted by Crippen LogP contribution is 2.20. The maximum Gasteiger partial charge on any atom is 0.471 e. The van der Waals surface area contributed by atoms with Gasteiger partial charge >= 0.3 is 18.2 Å². The number of hydrogen-bond acceptors (Lipinski definition) is 6. The number of nitrogens with one attached hydrogen (secondary N) is 3. The van der Waals surface area contributed by atoms with Crippen LogP contribution in [-0.4, -0.2) is 44.1 Å². The number of sulfonamides is 1. The predicted octanol–water partition coefficient (Wildman–Crippen LogP) is 4.30. The van der Waals surface area contributed by atoms with Crippen molar-refractivity contribution in [2.45, 2.75) is 64.1 Å². The summed E-state index contributed by atoms with van der Waals surface area (Å²) >= 11 is 0. The van der Waals surface area contributed by atoms with Crippen molar-refractivity contribution in [2.24, 2.45) is 5.92 Å². The van der Waals surface area contributed by atoms with Crippen molar-refractivity contribution in [1.82, 2.24) is 10.0 Å². The molecular formula is C26H32F3N3O6S. The molecule has 0 aliphatic rings. The first-order valence-corrected chi connectivity index (χ1v) is 13.6. The van der Waals surface area contributed by atoms with Crippen LogP contribution in [0.1, 0.15) is 45.2 Å². The van der Waals surface area contributed by atoms with Crippen molar-refractivity contribution >= 4 is 33.6 Å². The first kappa shape index (κ1) is 31.6. The van der Waals surface area contributed by atoms with Crippen LogP contribution in [0.5, 0.6) is 0 Å². The SMILES string of the molecule is C[C@@H](C[C@H](Cc1ccccc1)NC(=O)OC(C)(C)C)C(=O)NS(=O)(=O)Cc1cccc(NC(=O)C(F)(F)F)c1. The van der Waals surface area contributed by atoms with Crippen LogP contribution in [0, 0.1) is 5.92 Å².